The third-order valence-corrected chi connectivity index (χ3v) is 6.72. The number of furan rings is 1. The molecule has 0 saturated carbocycles. The van der Waals surface area contributed by atoms with Gasteiger partial charge in [0.1, 0.15) is 17.3 Å². The first kappa shape index (κ1) is 19.2. The summed E-state index contributed by atoms with van der Waals surface area (Å²) in [7, 11) is -1.98. The number of fused-ring (bicyclic) bond motifs is 1. The highest BCUT2D eigenvalue weighted by Gasteiger charge is 2.20. The second-order valence-electron chi connectivity index (χ2n) is 6.14. The number of hydrogen-bond acceptors (Lipinski definition) is 7. The number of aromatic nitrogens is 1. The molecule has 7 nitrogen and oxygen atoms in total. The molecule has 0 radical (unpaired) electrons. The number of thiazole rings is 1. The molecule has 4 rings (SSSR count). The van der Waals surface area contributed by atoms with Gasteiger partial charge in [0, 0.05) is 0 Å². The highest BCUT2D eigenvalue weighted by molar-refractivity contribution is 7.90. The second kappa shape index (κ2) is 7.69. The number of amides is 1. The fraction of sp³-hybridized carbons (Fsp3) is 0.100. The van der Waals surface area contributed by atoms with E-state index < -0.39 is 15.7 Å². The van der Waals surface area contributed by atoms with E-state index in [0.29, 0.717) is 10.9 Å². The van der Waals surface area contributed by atoms with Crippen molar-refractivity contribution in [3.05, 3.63) is 72.2 Å². The minimum absolute atomic E-state index is 0.0140. The molecular formula is C20H16N2O5S2. The quantitative estimate of drug-likeness (QED) is 0.496. The Morgan fingerprint density at radius 3 is 2.69 bits per heavy atom. The molecule has 2 heterocycles. The van der Waals surface area contributed by atoms with E-state index in [-0.39, 0.29) is 22.2 Å². The standard InChI is InChI=1S/C20H16N2O5S2/c1-26-13-7-9-16-18(11-13)28-20(21-16)22-19(23)17-10-8-14(27-17)12-29(24,25)15-5-3-2-4-6-15/h2-11H,12H2,1H3,(H,21,22,23). The van der Waals surface area contributed by atoms with Gasteiger partial charge in [-0.1, -0.05) is 29.5 Å². The van der Waals surface area contributed by atoms with Crippen molar-refractivity contribution in [3.8, 4) is 5.75 Å². The molecule has 1 amide bonds. The predicted octanol–water partition coefficient (Wildman–Crippen LogP) is 4.12. The Morgan fingerprint density at radius 1 is 1.14 bits per heavy atom. The summed E-state index contributed by atoms with van der Waals surface area (Å²) in [6, 6.07) is 16.5. The molecular weight excluding hydrogens is 412 g/mol. The number of nitrogens with one attached hydrogen (secondary N) is 1. The van der Waals surface area contributed by atoms with Crippen molar-refractivity contribution in [1.29, 1.82) is 0 Å². The van der Waals surface area contributed by atoms with Crippen molar-refractivity contribution < 1.29 is 22.4 Å². The molecule has 2 aromatic heterocycles. The number of carbonyl (C=O) groups excluding carboxylic acids is 1. The molecule has 0 aliphatic carbocycles. The Morgan fingerprint density at radius 2 is 1.93 bits per heavy atom. The second-order valence-corrected chi connectivity index (χ2v) is 9.17. The topological polar surface area (TPSA) is 98.5 Å². The van der Waals surface area contributed by atoms with Gasteiger partial charge in [0.2, 0.25) is 0 Å². The summed E-state index contributed by atoms with van der Waals surface area (Å²) in [6.07, 6.45) is 0. The summed E-state index contributed by atoms with van der Waals surface area (Å²) in [5, 5.41) is 3.09. The number of benzene rings is 2. The summed E-state index contributed by atoms with van der Waals surface area (Å²) in [5.74, 6) is 0.0763. The number of sulfone groups is 1. The number of methoxy groups -OCH3 is 1. The first-order chi connectivity index (χ1) is 13.9. The van der Waals surface area contributed by atoms with Crippen LogP contribution in [0.1, 0.15) is 16.3 Å². The predicted molar refractivity (Wildman–Crippen MR) is 110 cm³/mol. The summed E-state index contributed by atoms with van der Waals surface area (Å²) < 4.78 is 36.4. The number of rotatable bonds is 6. The number of carbonyl (C=O) groups is 1. The van der Waals surface area contributed by atoms with Crippen LogP contribution in [0.2, 0.25) is 0 Å². The Labute approximate surface area is 170 Å². The summed E-state index contributed by atoms with van der Waals surface area (Å²) in [4.78, 5) is 17.0. The molecule has 0 unspecified atom stereocenters. The number of nitrogens with zero attached hydrogens (tertiary/aromatic N) is 1. The van der Waals surface area contributed by atoms with Gasteiger partial charge < -0.3 is 9.15 Å². The molecule has 0 atom stereocenters. The zero-order valence-electron chi connectivity index (χ0n) is 15.3. The first-order valence-electron chi connectivity index (χ1n) is 8.57. The van der Waals surface area contributed by atoms with Crippen molar-refractivity contribution in [2.45, 2.75) is 10.6 Å². The van der Waals surface area contributed by atoms with Gasteiger partial charge >= 0.3 is 0 Å². The Bertz CT molecular complexity index is 1280. The van der Waals surface area contributed by atoms with Crippen LogP contribution in [-0.2, 0) is 15.6 Å². The van der Waals surface area contributed by atoms with Crippen LogP contribution < -0.4 is 10.1 Å². The van der Waals surface area contributed by atoms with E-state index in [9.17, 15) is 13.2 Å². The molecule has 0 bridgehead atoms. The highest BCUT2D eigenvalue weighted by atomic mass is 32.2. The van der Waals surface area contributed by atoms with E-state index in [1.54, 1.807) is 37.4 Å². The highest BCUT2D eigenvalue weighted by Crippen LogP contribution is 2.29. The molecule has 2 aromatic carbocycles. The van der Waals surface area contributed by atoms with Gasteiger partial charge in [-0.3, -0.25) is 10.1 Å². The smallest absolute Gasteiger partial charge is 0.293 e. The SMILES string of the molecule is COc1ccc2nc(NC(=O)c3ccc(CS(=O)(=O)c4ccccc4)o3)sc2c1. The van der Waals surface area contributed by atoms with Gasteiger partial charge in [0.25, 0.3) is 5.91 Å². The average molecular weight is 428 g/mol. The molecule has 9 heteroatoms. The van der Waals surface area contributed by atoms with E-state index >= 15 is 0 Å². The minimum Gasteiger partial charge on any atom is -0.497 e. The minimum atomic E-state index is -3.56. The summed E-state index contributed by atoms with van der Waals surface area (Å²) >= 11 is 1.30. The average Bonchev–Trinajstić information content (AvgIpc) is 3.34. The van der Waals surface area contributed by atoms with E-state index in [1.807, 2.05) is 6.07 Å². The molecule has 0 spiro atoms. The maximum atomic E-state index is 12.5. The van der Waals surface area contributed by atoms with Crippen LogP contribution in [0.5, 0.6) is 5.75 Å². The number of hydrogen-bond donors (Lipinski definition) is 1. The lowest BCUT2D eigenvalue weighted by Crippen LogP contribution is -2.10. The monoisotopic (exact) mass is 428 g/mol. The van der Waals surface area contributed by atoms with Crippen LogP contribution in [0.15, 0.2) is 70.0 Å². The lowest BCUT2D eigenvalue weighted by molar-refractivity contribution is 0.0995. The van der Waals surface area contributed by atoms with E-state index in [4.69, 9.17) is 9.15 Å². The molecule has 0 fully saturated rings. The van der Waals surface area contributed by atoms with Crippen molar-refractivity contribution >= 4 is 42.4 Å². The van der Waals surface area contributed by atoms with Crippen molar-refractivity contribution in [2.75, 3.05) is 12.4 Å². The Kier molecular flexibility index (Phi) is 5.08. The lowest BCUT2D eigenvalue weighted by atomic mass is 10.3. The zero-order valence-corrected chi connectivity index (χ0v) is 16.9. The molecule has 0 aliphatic rings. The lowest BCUT2D eigenvalue weighted by Gasteiger charge is -2.02. The third kappa shape index (κ3) is 4.15. The van der Waals surface area contributed by atoms with Crippen LogP contribution in [0, 0.1) is 0 Å². The maximum Gasteiger partial charge on any atom is 0.293 e. The molecule has 0 aliphatic heterocycles. The van der Waals surface area contributed by atoms with Gasteiger partial charge in [-0.15, -0.1) is 0 Å². The largest absolute Gasteiger partial charge is 0.497 e. The van der Waals surface area contributed by atoms with Gasteiger partial charge in [-0.05, 0) is 42.5 Å². The first-order valence-corrected chi connectivity index (χ1v) is 11.0. The van der Waals surface area contributed by atoms with Gasteiger partial charge in [0.05, 0.1) is 22.2 Å². The number of anilines is 1. The molecule has 4 aromatic rings. The molecule has 148 valence electrons. The molecule has 29 heavy (non-hydrogen) atoms. The van der Waals surface area contributed by atoms with E-state index in [2.05, 4.69) is 10.3 Å². The van der Waals surface area contributed by atoms with E-state index in [0.717, 1.165) is 10.2 Å². The summed E-state index contributed by atoms with van der Waals surface area (Å²) in [6.45, 7) is 0. The Balaban J connectivity index is 1.49. The van der Waals surface area contributed by atoms with Crippen molar-refractivity contribution in [3.63, 3.8) is 0 Å². The van der Waals surface area contributed by atoms with Crippen molar-refractivity contribution in [1.82, 2.24) is 4.98 Å². The van der Waals surface area contributed by atoms with Crippen LogP contribution in [0.4, 0.5) is 5.13 Å². The normalized spacial score (nSPS) is 11.5. The molecule has 0 saturated heterocycles. The molecule has 1 N–H and O–H groups in total. The maximum absolute atomic E-state index is 12.5. The van der Waals surface area contributed by atoms with Gasteiger partial charge in [-0.25, -0.2) is 13.4 Å². The van der Waals surface area contributed by atoms with Gasteiger partial charge in [0.15, 0.2) is 20.7 Å². The van der Waals surface area contributed by atoms with E-state index in [1.165, 1.54) is 35.6 Å². The van der Waals surface area contributed by atoms with Crippen LogP contribution in [0.25, 0.3) is 10.2 Å². The zero-order chi connectivity index (χ0) is 20.4. The Hall–Kier alpha value is -3.17. The number of ether oxygens (including phenoxy) is 1. The third-order valence-electron chi connectivity index (χ3n) is 4.14. The summed E-state index contributed by atoms with van der Waals surface area (Å²) in [5.41, 5.74) is 0.736. The van der Waals surface area contributed by atoms with Crippen LogP contribution >= 0.6 is 11.3 Å². The van der Waals surface area contributed by atoms with Crippen LogP contribution in [0.3, 0.4) is 0 Å². The van der Waals surface area contributed by atoms with Crippen LogP contribution in [-0.4, -0.2) is 26.4 Å². The fourth-order valence-electron chi connectivity index (χ4n) is 2.72. The van der Waals surface area contributed by atoms with Gasteiger partial charge in [-0.2, -0.15) is 0 Å². The van der Waals surface area contributed by atoms with Crippen molar-refractivity contribution in [2.24, 2.45) is 0 Å². The fourth-order valence-corrected chi connectivity index (χ4v) is 4.88.